The van der Waals surface area contributed by atoms with Crippen LogP contribution in [0.5, 0.6) is 0 Å². The molecule has 0 aliphatic carbocycles. The molecule has 0 saturated carbocycles. The van der Waals surface area contributed by atoms with Gasteiger partial charge in [-0.1, -0.05) is 19.1 Å². The van der Waals surface area contributed by atoms with Gasteiger partial charge in [-0.3, -0.25) is 19.8 Å². The quantitative estimate of drug-likeness (QED) is 0.454. The number of ketones is 1. The molecule has 6 heteroatoms. The van der Waals surface area contributed by atoms with E-state index in [4.69, 9.17) is 0 Å². The van der Waals surface area contributed by atoms with Gasteiger partial charge < -0.3 is 4.90 Å². The molecule has 21 heavy (non-hydrogen) atoms. The molecule has 0 bridgehead atoms. The van der Waals surface area contributed by atoms with Crippen molar-refractivity contribution in [3.05, 3.63) is 39.9 Å². The highest BCUT2D eigenvalue weighted by Gasteiger charge is 2.19. The van der Waals surface area contributed by atoms with Crippen LogP contribution in [0.25, 0.3) is 0 Å². The lowest BCUT2D eigenvalue weighted by Gasteiger charge is -2.34. The molecule has 1 aromatic rings. The Hall–Kier alpha value is -1.79. The van der Waals surface area contributed by atoms with Gasteiger partial charge in [-0.05, 0) is 13.0 Å². The number of rotatable bonds is 6. The molecule has 1 fully saturated rings. The Morgan fingerprint density at radius 1 is 1.24 bits per heavy atom. The molecule has 0 aromatic heterocycles. The Bertz CT molecular complexity index is 511. The number of benzene rings is 1. The number of hydrogen-bond donors (Lipinski definition) is 0. The second kappa shape index (κ2) is 7.28. The van der Waals surface area contributed by atoms with Crippen molar-refractivity contribution in [2.45, 2.75) is 13.3 Å². The fourth-order valence-corrected chi connectivity index (χ4v) is 2.57. The van der Waals surface area contributed by atoms with Gasteiger partial charge >= 0.3 is 0 Å². The molecule has 1 saturated heterocycles. The largest absolute Gasteiger partial charge is 0.301 e. The number of carbonyl (C=O) groups is 1. The molecule has 0 spiro atoms. The number of hydrogen-bond acceptors (Lipinski definition) is 5. The highest BCUT2D eigenvalue weighted by molar-refractivity contribution is 5.98. The second-order valence-electron chi connectivity index (χ2n) is 5.35. The number of non-ortho nitro benzene ring substituents is 1. The average molecular weight is 291 g/mol. The first-order valence-electron chi connectivity index (χ1n) is 7.32. The van der Waals surface area contributed by atoms with Gasteiger partial charge in [-0.15, -0.1) is 0 Å². The maximum atomic E-state index is 12.2. The molecule has 0 atom stereocenters. The van der Waals surface area contributed by atoms with E-state index in [9.17, 15) is 14.9 Å². The normalized spacial score (nSPS) is 16.8. The Morgan fingerprint density at radius 3 is 2.52 bits per heavy atom. The topological polar surface area (TPSA) is 66.7 Å². The van der Waals surface area contributed by atoms with E-state index in [1.54, 1.807) is 12.1 Å². The summed E-state index contributed by atoms with van der Waals surface area (Å²) in [6, 6.07) is 5.96. The first-order chi connectivity index (χ1) is 10.1. The molecule has 2 rings (SSSR count). The lowest BCUT2D eigenvalue weighted by Crippen LogP contribution is -2.47. The number of piperazine rings is 1. The van der Waals surface area contributed by atoms with Crippen molar-refractivity contribution in [1.29, 1.82) is 0 Å². The van der Waals surface area contributed by atoms with Crippen molar-refractivity contribution in [2.75, 3.05) is 39.3 Å². The molecular weight excluding hydrogens is 270 g/mol. The first kappa shape index (κ1) is 15.6. The van der Waals surface area contributed by atoms with Crippen LogP contribution in [0, 0.1) is 10.1 Å². The molecule has 1 aliphatic rings. The third-order valence-corrected chi connectivity index (χ3v) is 3.75. The zero-order chi connectivity index (χ0) is 15.2. The Kier molecular flexibility index (Phi) is 5.41. The zero-order valence-corrected chi connectivity index (χ0v) is 12.3. The molecule has 1 aliphatic heterocycles. The van der Waals surface area contributed by atoms with Crippen molar-refractivity contribution in [2.24, 2.45) is 0 Å². The second-order valence-corrected chi connectivity index (χ2v) is 5.35. The molecule has 0 radical (unpaired) electrons. The minimum absolute atomic E-state index is 0.0337. The lowest BCUT2D eigenvalue weighted by atomic mass is 10.1. The van der Waals surface area contributed by atoms with Crippen LogP contribution >= 0.6 is 0 Å². The third kappa shape index (κ3) is 4.34. The minimum Gasteiger partial charge on any atom is -0.301 e. The van der Waals surface area contributed by atoms with E-state index in [1.807, 2.05) is 0 Å². The first-order valence-corrected chi connectivity index (χ1v) is 7.32. The van der Waals surface area contributed by atoms with Crippen molar-refractivity contribution in [3.63, 3.8) is 0 Å². The van der Waals surface area contributed by atoms with Gasteiger partial charge in [-0.2, -0.15) is 0 Å². The van der Waals surface area contributed by atoms with Crippen LogP contribution in [-0.4, -0.2) is 59.8 Å². The predicted molar refractivity (Wildman–Crippen MR) is 80.6 cm³/mol. The summed E-state index contributed by atoms with van der Waals surface area (Å²) >= 11 is 0. The van der Waals surface area contributed by atoms with Crippen molar-refractivity contribution in [3.8, 4) is 0 Å². The van der Waals surface area contributed by atoms with E-state index in [0.29, 0.717) is 12.1 Å². The van der Waals surface area contributed by atoms with Gasteiger partial charge in [0.05, 0.1) is 11.5 Å². The van der Waals surface area contributed by atoms with Crippen LogP contribution in [0.3, 0.4) is 0 Å². The van der Waals surface area contributed by atoms with Gasteiger partial charge in [0.25, 0.3) is 5.69 Å². The maximum Gasteiger partial charge on any atom is 0.270 e. The lowest BCUT2D eigenvalue weighted by molar-refractivity contribution is -0.384. The fraction of sp³-hybridized carbons (Fsp3) is 0.533. The van der Waals surface area contributed by atoms with E-state index in [2.05, 4.69) is 16.7 Å². The van der Waals surface area contributed by atoms with Gasteiger partial charge in [0, 0.05) is 43.9 Å². The van der Waals surface area contributed by atoms with Gasteiger partial charge in [0.15, 0.2) is 5.78 Å². The van der Waals surface area contributed by atoms with Crippen LogP contribution in [-0.2, 0) is 0 Å². The van der Waals surface area contributed by atoms with Gasteiger partial charge in [0.1, 0.15) is 0 Å². The summed E-state index contributed by atoms with van der Waals surface area (Å²) in [6.07, 6.45) is 1.15. The fourth-order valence-electron chi connectivity index (χ4n) is 2.57. The summed E-state index contributed by atoms with van der Waals surface area (Å²) in [5.41, 5.74) is 0.383. The predicted octanol–water partition coefficient (Wildman–Crippen LogP) is 1.81. The molecule has 1 heterocycles. The number of nitro benzene ring substituents is 1. The van der Waals surface area contributed by atoms with Gasteiger partial charge in [0.2, 0.25) is 0 Å². The Labute approximate surface area is 124 Å². The zero-order valence-electron chi connectivity index (χ0n) is 12.3. The van der Waals surface area contributed by atoms with E-state index in [-0.39, 0.29) is 11.5 Å². The highest BCUT2D eigenvalue weighted by Crippen LogP contribution is 2.14. The van der Waals surface area contributed by atoms with Crippen LogP contribution < -0.4 is 0 Å². The van der Waals surface area contributed by atoms with Crippen LogP contribution in [0.2, 0.25) is 0 Å². The minimum atomic E-state index is -0.472. The van der Waals surface area contributed by atoms with Crippen molar-refractivity contribution < 1.29 is 9.72 Å². The summed E-state index contributed by atoms with van der Waals surface area (Å²) in [5, 5.41) is 10.7. The summed E-state index contributed by atoms with van der Waals surface area (Å²) in [7, 11) is 0. The molecule has 1 aromatic carbocycles. The summed E-state index contributed by atoms with van der Waals surface area (Å²) in [4.78, 5) is 27.0. The third-order valence-electron chi connectivity index (χ3n) is 3.75. The number of Topliss-reactive ketones (excluding diaryl/α,β-unsaturated/α-hetero) is 1. The average Bonchev–Trinajstić information content (AvgIpc) is 2.49. The van der Waals surface area contributed by atoms with Gasteiger partial charge in [-0.25, -0.2) is 0 Å². The monoisotopic (exact) mass is 291 g/mol. The summed E-state index contributed by atoms with van der Waals surface area (Å²) < 4.78 is 0. The molecule has 0 amide bonds. The maximum absolute atomic E-state index is 12.2. The molecular formula is C15H21N3O3. The highest BCUT2D eigenvalue weighted by atomic mass is 16.6. The van der Waals surface area contributed by atoms with Crippen LogP contribution in [0.1, 0.15) is 23.7 Å². The Balaban J connectivity index is 1.90. The van der Waals surface area contributed by atoms with E-state index < -0.39 is 4.92 Å². The summed E-state index contributed by atoms with van der Waals surface area (Å²) in [6.45, 7) is 7.32. The number of nitro groups is 1. The van der Waals surface area contributed by atoms with E-state index in [0.717, 1.165) is 39.1 Å². The molecule has 6 nitrogen and oxygen atoms in total. The van der Waals surface area contributed by atoms with E-state index >= 15 is 0 Å². The summed E-state index contributed by atoms with van der Waals surface area (Å²) in [5.74, 6) is -0.0531. The van der Waals surface area contributed by atoms with Crippen molar-refractivity contribution in [1.82, 2.24) is 9.80 Å². The van der Waals surface area contributed by atoms with Crippen LogP contribution in [0.4, 0.5) is 5.69 Å². The molecule has 114 valence electrons. The smallest absolute Gasteiger partial charge is 0.270 e. The SMILES string of the molecule is CCCN1CCN(CC(=O)c2cccc([N+](=O)[O-])c2)CC1. The van der Waals surface area contributed by atoms with E-state index in [1.165, 1.54) is 12.1 Å². The number of nitrogens with zero attached hydrogens (tertiary/aromatic N) is 3. The molecule has 0 N–H and O–H groups in total. The van der Waals surface area contributed by atoms with Crippen molar-refractivity contribution >= 4 is 11.5 Å². The van der Waals surface area contributed by atoms with Crippen LogP contribution in [0.15, 0.2) is 24.3 Å². The molecule has 0 unspecified atom stereocenters. The Morgan fingerprint density at radius 2 is 1.90 bits per heavy atom. The standard InChI is InChI=1S/C15H21N3O3/c1-2-6-16-7-9-17(10-8-16)12-15(19)13-4-3-5-14(11-13)18(20)21/h3-5,11H,2,6-10,12H2,1H3. The number of carbonyl (C=O) groups excluding carboxylic acids is 1.